The zero-order valence-corrected chi connectivity index (χ0v) is 12.2. The minimum Gasteiger partial charge on any atom is -0.336 e. The van der Waals surface area contributed by atoms with E-state index in [0.29, 0.717) is 24.6 Å². The molecule has 1 amide bonds. The maximum atomic E-state index is 13.1. The molecule has 1 aromatic carbocycles. The third-order valence-corrected chi connectivity index (χ3v) is 3.71. The normalized spacial score (nSPS) is 22.2. The van der Waals surface area contributed by atoms with Crippen molar-refractivity contribution in [3.05, 3.63) is 34.6 Å². The number of rotatable bonds is 2. The summed E-state index contributed by atoms with van der Waals surface area (Å²) < 4.78 is 13.1. The van der Waals surface area contributed by atoms with Crippen molar-refractivity contribution in [3.8, 4) is 0 Å². The average Bonchev–Trinajstić information content (AvgIpc) is 2.73. The fraction of sp³-hybridized carbons (Fsp3) is 0.462. The summed E-state index contributed by atoms with van der Waals surface area (Å²) in [7, 11) is 0. The molecular formula is C13H17Cl2FN2O. The highest BCUT2D eigenvalue weighted by molar-refractivity contribution is 6.31. The highest BCUT2D eigenvalue weighted by Crippen LogP contribution is 2.25. The Balaban J connectivity index is 0.00000180. The predicted molar refractivity (Wildman–Crippen MR) is 76.3 cm³/mol. The molecule has 1 aromatic rings. The second-order valence-electron chi connectivity index (χ2n) is 4.77. The molecule has 3 nitrogen and oxygen atoms in total. The molecule has 0 spiro atoms. The molecule has 2 unspecified atom stereocenters. The van der Waals surface area contributed by atoms with Crippen molar-refractivity contribution in [2.75, 3.05) is 13.1 Å². The Hall–Kier alpha value is -0.840. The number of amides is 1. The molecule has 0 saturated carbocycles. The zero-order chi connectivity index (χ0) is 13.3. The summed E-state index contributed by atoms with van der Waals surface area (Å²) in [6.45, 7) is 3.24. The van der Waals surface area contributed by atoms with Crippen molar-refractivity contribution in [1.29, 1.82) is 0 Å². The Morgan fingerprint density at radius 1 is 1.58 bits per heavy atom. The molecular weight excluding hydrogens is 290 g/mol. The minimum absolute atomic E-state index is 0. The van der Waals surface area contributed by atoms with Crippen molar-refractivity contribution in [2.24, 2.45) is 11.7 Å². The fourth-order valence-corrected chi connectivity index (χ4v) is 2.57. The summed E-state index contributed by atoms with van der Waals surface area (Å²) in [5, 5.41) is -0.0249. The van der Waals surface area contributed by atoms with Crippen LogP contribution in [0.3, 0.4) is 0 Å². The van der Waals surface area contributed by atoms with Gasteiger partial charge >= 0.3 is 0 Å². The molecule has 1 saturated heterocycles. The van der Waals surface area contributed by atoms with E-state index >= 15 is 0 Å². The molecule has 19 heavy (non-hydrogen) atoms. The first-order valence-electron chi connectivity index (χ1n) is 5.99. The van der Waals surface area contributed by atoms with Gasteiger partial charge in [0.1, 0.15) is 5.82 Å². The summed E-state index contributed by atoms with van der Waals surface area (Å²) >= 11 is 5.69. The predicted octanol–water partition coefficient (Wildman–Crippen LogP) is 2.71. The summed E-state index contributed by atoms with van der Waals surface area (Å²) in [5.74, 6) is -0.275. The van der Waals surface area contributed by atoms with Crippen LogP contribution in [-0.2, 0) is 0 Å². The molecule has 6 heteroatoms. The van der Waals surface area contributed by atoms with E-state index in [2.05, 4.69) is 0 Å². The lowest BCUT2D eigenvalue weighted by Crippen LogP contribution is -2.34. The summed E-state index contributed by atoms with van der Waals surface area (Å²) in [6.07, 6.45) is 0.914. The number of nitrogens with two attached hydrogens (primary N) is 1. The van der Waals surface area contributed by atoms with E-state index in [1.165, 1.54) is 18.2 Å². The van der Waals surface area contributed by atoms with Gasteiger partial charge in [0.05, 0.1) is 5.02 Å². The van der Waals surface area contributed by atoms with Crippen LogP contribution in [0.4, 0.5) is 4.39 Å². The van der Waals surface area contributed by atoms with Gasteiger partial charge in [0.25, 0.3) is 5.91 Å². The van der Waals surface area contributed by atoms with E-state index < -0.39 is 5.82 Å². The molecule has 0 radical (unpaired) electrons. The van der Waals surface area contributed by atoms with Crippen LogP contribution in [0, 0.1) is 11.7 Å². The number of nitrogens with zero attached hydrogens (tertiary/aromatic N) is 1. The van der Waals surface area contributed by atoms with Gasteiger partial charge in [-0.2, -0.15) is 0 Å². The van der Waals surface area contributed by atoms with Crippen molar-refractivity contribution < 1.29 is 9.18 Å². The molecule has 1 fully saturated rings. The average molecular weight is 307 g/mol. The smallest absolute Gasteiger partial charge is 0.254 e. The van der Waals surface area contributed by atoms with Crippen LogP contribution in [-0.4, -0.2) is 29.9 Å². The van der Waals surface area contributed by atoms with Crippen molar-refractivity contribution in [3.63, 3.8) is 0 Å². The Bertz CT molecular complexity index is 470. The summed E-state index contributed by atoms with van der Waals surface area (Å²) in [5.41, 5.74) is 6.05. The first-order valence-corrected chi connectivity index (χ1v) is 6.36. The third-order valence-electron chi connectivity index (χ3n) is 3.42. The Labute approximate surface area is 123 Å². The van der Waals surface area contributed by atoms with Crippen LogP contribution < -0.4 is 5.73 Å². The zero-order valence-electron chi connectivity index (χ0n) is 10.6. The molecule has 1 heterocycles. The summed E-state index contributed by atoms with van der Waals surface area (Å²) in [4.78, 5) is 14.1. The van der Waals surface area contributed by atoms with Gasteiger partial charge in [-0.3, -0.25) is 4.79 Å². The van der Waals surface area contributed by atoms with Gasteiger partial charge in [-0.15, -0.1) is 12.4 Å². The highest BCUT2D eigenvalue weighted by atomic mass is 35.5. The first kappa shape index (κ1) is 16.2. The number of hydrogen-bond donors (Lipinski definition) is 1. The minimum atomic E-state index is -0.512. The van der Waals surface area contributed by atoms with Gasteiger partial charge < -0.3 is 10.6 Å². The monoisotopic (exact) mass is 306 g/mol. The lowest BCUT2D eigenvalue weighted by molar-refractivity contribution is 0.0743. The summed E-state index contributed by atoms with van der Waals surface area (Å²) in [6, 6.07) is 4.22. The largest absolute Gasteiger partial charge is 0.336 e. The van der Waals surface area contributed by atoms with Crippen molar-refractivity contribution >= 4 is 29.9 Å². The van der Waals surface area contributed by atoms with Gasteiger partial charge in [-0.25, -0.2) is 4.39 Å². The van der Waals surface area contributed by atoms with Gasteiger partial charge in [0.15, 0.2) is 0 Å². The van der Waals surface area contributed by atoms with Crippen molar-refractivity contribution in [2.45, 2.75) is 19.4 Å². The number of carbonyl (C=O) groups excluding carboxylic acids is 1. The van der Waals surface area contributed by atoms with Crippen LogP contribution in [0.2, 0.25) is 5.02 Å². The van der Waals surface area contributed by atoms with E-state index in [4.69, 9.17) is 17.3 Å². The maximum absolute atomic E-state index is 13.1. The lowest BCUT2D eigenvalue weighted by atomic mass is 10.1. The first-order chi connectivity index (χ1) is 8.52. The molecule has 1 aliphatic heterocycles. The van der Waals surface area contributed by atoms with E-state index in [1.807, 2.05) is 6.92 Å². The fourth-order valence-electron chi connectivity index (χ4n) is 2.39. The van der Waals surface area contributed by atoms with Crippen LogP contribution in [0.1, 0.15) is 23.7 Å². The Morgan fingerprint density at radius 2 is 2.26 bits per heavy atom. The van der Waals surface area contributed by atoms with Gasteiger partial charge in [0, 0.05) is 18.2 Å². The second-order valence-corrected chi connectivity index (χ2v) is 5.18. The van der Waals surface area contributed by atoms with Crippen LogP contribution in [0.5, 0.6) is 0 Å². The number of likely N-dealkylation sites (tertiary alicyclic amines) is 1. The maximum Gasteiger partial charge on any atom is 0.254 e. The Morgan fingerprint density at radius 3 is 2.79 bits per heavy atom. The number of benzene rings is 1. The van der Waals surface area contributed by atoms with E-state index in [9.17, 15) is 9.18 Å². The van der Waals surface area contributed by atoms with E-state index in [-0.39, 0.29) is 29.4 Å². The van der Waals surface area contributed by atoms with Gasteiger partial charge in [-0.05, 0) is 44.0 Å². The molecule has 1 aliphatic rings. The topological polar surface area (TPSA) is 46.3 Å². The number of hydrogen-bond acceptors (Lipinski definition) is 2. The molecule has 2 rings (SSSR count). The molecule has 2 atom stereocenters. The van der Waals surface area contributed by atoms with Gasteiger partial charge in [0.2, 0.25) is 0 Å². The van der Waals surface area contributed by atoms with Crippen LogP contribution in [0.15, 0.2) is 18.2 Å². The number of halogens is 3. The van der Waals surface area contributed by atoms with Crippen LogP contribution in [0.25, 0.3) is 0 Å². The quantitative estimate of drug-likeness (QED) is 0.913. The number of carbonyl (C=O) groups is 1. The van der Waals surface area contributed by atoms with Gasteiger partial charge in [-0.1, -0.05) is 11.6 Å². The molecule has 0 aromatic heterocycles. The highest BCUT2D eigenvalue weighted by Gasteiger charge is 2.32. The SMILES string of the molecule is CC1CC(CN)CN1C(=O)c1ccc(F)c(Cl)c1.Cl. The molecule has 0 aliphatic carbocycles. The molecule has 0 bridgehead atoms. The third kappa shape index (κ3) is 3.38. The van der Waals surface area contributed by atoms with Crippen LogP contribution >= 0.6 is 24.0 Å². The lowest BCUT2D eigenvalue weighted by Gasteiger charge is -2.21. The standard InChI is InChI=1S/C13H16ClFN2O.ClH/c1-8-4-9(6-16)7-17(8)13(18)10-2-3-12(15)11(14)5-10;/h2-3,5,8-9H,4,6-7,16H2,1H3;1H. The molecule has 2 N–H and O–H groups in total. The Kier molecular flexibility index (Phi) is 5.59. The van der Waals surface area contributed by atoms with E-state index in [0.717, 1.165) is 6.42 Å². The molecule has 106 valence electrons. The second kappa shape index (κ2) is 6.55. The van der Waals surface area contributed by atoms with E-state index in [1.54, 1.807) is 4.90 Å². The van der Waals surface area contributed by atoms with Crippen molar-refractivity contribution in [1.82, 2.24) is 4.90 Å².